The maximum absolute atomic E-state index is 12.1. The number of aliphatic hydroxyl groups is 2. The standard InChI is InChI=1S/C8H8F3NO2/c1-5-2-6(4-12-3-5)7(13,14)8(9,10)11/h2-4,13-14H,1H3. The van der Waals surface area contributed by atoms with Gasteiger partial charge in [-0.25, -0.2) is 0 Å². The summed E-state index contributed by atoms with van der Waals surface area (Å²) in [5.41, 5.74) is -0.274. The van der Waals surface area contributed by atoms with E-state index in [0.29, 0.717) is 5.56 Å². The molecule has 78 valence electrons. The summed E-state index contributed by atoms with van der Waals surface area (Å²) in [6, 6.07) is 1.01. The van der Waals surface area contributed by atoms with Gasteiger partial charge in [0.15, 0.2) is 0 Å². The van der Waals surface area contributed by atoms with Crippen LogP contribution in [0.3, 0.4) is 0 Å². The molecule has 0 saturated heterocycles. The fourth-order valence-corrected chi connectivity index (χ4v) is 0.909. The number of halogens is 3. The zero-order chi connectivity index (χ0) is 11.0. The Morgan fingerprint density at radius 3 is 2.21 bits per heavy atom. The predicted octanol–water partition coefficient (Wildman–Crippen LogP) is 1.09. The quantitative estimate of drug-likeness (QED) is 0.678. The Morgan fingerprint density at radius 2 is 1.79 bits per heavy atom. The van der Waals surface area contributed by atoms with Gasteiger partial charge in [0.25, 0.3) is 5.79 Å². The summed E-state index contributed by atoms with van der Waals surface area (Å²) < 4.78 is 36.4. The summed E-state index contributed by atoms with van der Waals surface area (Å²) in [4.78, 5) is 3.44. The van der Waals surface area contributed by atoms with Crippen LogP contribution < -0.4 is 0 Å². The highest BCUT2D eigenvalue weighted by Crippen LogP contribution is 2.36. The minimum atomic E-state index is -5.14. The van der Waals surface area contributed by atoms with E-state index in [0.717, 1.165) is 12.3 Å². The number of pyridine rings is 1. The van der Waals surface area contributed by atoms with Gasteiger partial charge in [-0.05, 0) is 18.6 Å². The molecule has 0 saturated carbocycles. The number of aryl methyl sites for hydroxylation is 1. The van der Waals surface area contributed by atoms with Crippen molar-refractivity contribution in [3.8, 4) is 0 Å². The van der Waals surface area contributed by atoms with E-state index in [1.165, 1.54) is 13.1 Å². The summed E-state index contributed by atoms with van der Waals surface area (Å²) >= 11 is 0. The third kappa shape index (κ3) is 1.85. The normalized spacial score (nSPS) is 13.0. The highest BCUT2D eigenvalue weighted by molar-refractivity contribution is 5.22. The molecule has 0 aliphatic rings. The molecular weight excluding hydrogens is 199 g/mol. The summed E-state index contributed by atoms with van der Waals surface area (Å²) in [6.07, 6.45) is -3.06. The van der Waals surface area contributed by atoms with Gasteiger partial charge in [-0.1, -0.05) is 0 Å². The summed E-state index contributed by atoms with van der Waals surface area (Å²) in [5, 5.41) is 17.7. The molecule has 0 spiro atoms. The van der Waals surface area contributed by atoms with E-state index in [9.17, 15) is 13.2 Å². The first-order valence-corrected chi connectivity index (χ1v) is 3.69. The highest BCUT2D eigenvalue weighted by atomic mass is 19.4. The van der Waals surface area contributed by atoms with Crippen molar-refractivity contribution in [2.24, 2.45) is 0 Å². The fraction of sp³-hybridized carbons (Fsp3) is 0.375. The molecule has 1 aromatic heterocycles. The van der Waals surface area contributed by atoms with Crippen molar-refractivity contribution in [1.82, 2.24) is 4.98 Å². The second-order valence-corrected chi connectivity index (χ2v) is 2.92. The molecule has 0 fully saturated rings. The number of alkyl halides is 3. The second kappa shape index (κ2) is 3.21. The Morgan fingerprint density at radius 1 is 1.21 bits per heavy atom. The SMILES string of the molecule is Cc1cncc(C(O)(O)C(F)(F)F)c1. The third-order valence-electron chi connectivity index (χ3n) is 1.67. The van der Waals surface area contributed by atoms with Crippen LogP contribution in [0.4, 0.5) is 13.2 Å². The first-order valence-electron chi connectivity index (χ1n) is 3.69. The minimum absolute atomic E-state index is 0.416. The maximum Gasteiger partial charge on any atom is 0.447 e. The number of hydrogen-bond acceptors (Lipinski definition) is 3. The molecular formula is C8H8F3NO2. The van der Waals surface area contributed by atoms with Gasteiger partial charge in [0.1, 0.15) is 0 Å². The van der Waals surface area contributed by atoms with Gasteiger partial charge in [0.2, 0.25) is 0 Å². The maximum atomic E-state index is 12.1. The van der Waals surface area contributed by atoms with Crippen LogP contribution in [0.1, 0.15) is 11.1 Å². The van der Waals surface area contributed by atoms with Gasteiger partial charge in [-0.2, -0.15) is 13.2 Å². The minimum Gasteiger partial charge on any atom is -0.355 e. The Bertz CT molecular complexity index is 336. The van der Waals surface area contributed by atoms with Crippen LogP contribution in [0, 0.1) is 6.92 Å². The molecule has 14 heavy (non-hydrogen) atoms. The van der Waals surface area contributed by atoms with Crippen LogP contribution in [0.5, 0.6) is 0 Å². The summed E-state index contributed by atoms with van der Waals surface area (Å²) in [6.45, 7) is 1.50. The van der Waals surface area contributed by atoms with Gasteiger partial charge in [0.05, 0.1) is 0 Å². The lowest BCUT2D eigenvalue weighted by atomic mass is 10.1. The van der Waals surface area contributed by atoms with Crippen LogP contribution in [0.25, 0.3) is 0 Å². The first kappa shape index (κ1) is 10.9. The molecule has 0 bridgehead atoms. The Balaban J connectivity index is 3.16. The molecule has 0 radical (unpaired) electrons. The van der Waals surface area contributed by atoms with Gasteiger partial charge < -0.3 is 10.2 Å². The first-order chi connectivity index (χ1) is 6.25. The zero-order valence-corrected chi connectivity index (χ0v) is 7.21. The summed E-state index contributed by atoms with van der Waals surface area (Å²) in [7, 11) is 0. The summed E-state index contributed by atoms with van der Waals surface area (Å²) in [5.74, 6) is -3.84. The van der Waals surface area contributed by atoms with Crippen molar-refractivity contribution in [2.45, 2.75) is 18.9 Å². The molecule has 1 rings (SSSR count). The lowest BCUT2D eigenvalue weighted by molar-refractivity contribution is -0.358. The Labute approximate surface area is 77.8 Å². The van der Waals surface area contributed by atoms with Crippen molar-refractivity contribution in [1.29, 1.82) is 0 Å². The van der Waals surface area contributed by atoms with Crippen LogP contribution in [0.15, 0.2) is 18.5 Å². The average Bonchev–Trinajstić information content (AvgIpc) is 2.02. The topological polar surface area (TPSA) is 53.4 Å². The molecule has 0 aliphatic heterocycles. The smallest absolute Gasteiger partial charge is 0.355 e. The van der Waals surface area contributed by atoms with Crippen LogP contribution >= 0.6 is 0 Å². The molecule has 0 atom stereocenters. The highest BCUT2D eigenvalue weighted by Gasteiger charge is 2.54. The molecule has 0 aliphatic carbocycles. The third-order valence-corrected chi connectivity index (χ3v) is 1.67. The lowest BCUT2D eigenvalue weighted by Crippen LogP contribution is -2.42. The van der Waals surface area contributed by atoms with Gasteiger partial charge in [-0.3, -0.25) is 4.98 Å². The Kier molecular flexibility index (Phi) is 2.51. The molecule has 1 heterocycles. The van der Waals surface area contributed by atoms with Crippen molar-refractivity contribution >= 4 is 0 Å². The number of aromatic nitrogens is 1. The zero-order valence-electron chi connectivity index (χ0n) is 7.21. The van der Waals surface area contributed by atoms with E-state index < -0.39 is 17.5 Å². The average molecular weight is 207 g/mol. The van der Waals surface area contributed by atoms with E-state index in [4.69, 9.17) is 10.2 Å². The van der Waals surface area contributed by atoms with Crippen molar-refractivity contribution in [3.05, 3.63) is 29.6 Å². The van der Waals surface area contributed by atoms with Crippen molar-refractivity contribution in [3.63, 3.8) is 0 Å². The predicted molar refractivity (Wildman–Crippen MR) is 41.1 cm³/mol. The van der Waals surface area contributed by atoms with E-state index in [-0.39, 0.29) is 0 Å². The van der Waals surface area contributed by atoms with E-state index in [2.05, 4.69) is 4.98 Å². The molecule has 3 nitrogen and oxygen atoms in total. The number of nitrogens with zero attached hydrogens (tertiary/aromatic N) is 1. The van der Waals surface area contributed by atoms with E-state index in [1.54, 1.807) is 0 Å². The monoisotopic (exact) mass is 207 g/mol. The fourth-order valence-electron chi connectivity index (χ4n) is 0.909. The molecule has 6 heteroatoms. The lowest BCUT2D eigenvalue weighted by Gasteiger charge is -2.24. The van der Waals surface area contributed by atoms with Crippen molar-refractivity contribution < 1.29 is 23.4 Å². The Hall–Kier alpha value is -1.14. The van der Waals surface area contributed by atoms with Crippen LogP contribution in [-0.4, -0.2) is 21.4 Å². The molecule has 0 unspecified atom stereocenters. The van der Waals surface area contributed by atoms with Gasteiger partial charge in [-0.15, -0.1) is 0 Å². The molecule has 0 aromatic carbocycles. The number of rotatable bonds is 1. The molecule has 1 aromatic rings. The van der Waals surface area contributed by atoms with E-state index >= 15 is 0 Å². The van der Waals surface area contributed by atoms with Gasteiger partial charge >= 0.3 is 6.18 Å². The van der Waals surface area contributed by atoms with Crippen molar-refractivity contribution in [2.75, 3.05) is 0 Å². The van der Waals surface area contributed by atoms with E-state index in [1.807, 2.05) is 0 Å². The van der Waals surface area contributed by atoms with Crippen LogP contribution in [0.2, 0.25) is 0 Å². The van der Waals surface area contributed by atoms with Crippen LogP contribution in [-0.2, 0) is 5.79 Å². The molecule has 0 amide bonds. The largest absolute Gasteiger partial charge is 0.447 e. The number of hydrogen-bond donors (Lipinski definition) is 2. The van der Waals surface area contributed by atoms with Gasteiger partial charge in [0, 0.05) is 18.0 Å². The second-order valence-electron chi connectivity index (χ2n) is 2.92. The molecule has 2 N–H and O–H groups in total.